The highest BCUT2D eigenvalue weighted by molar-refractivity contribution is 5.44. The highest BCUT2D eigenvalue weighted by atomic mass is 19.1. The maximum absolute atomic E-state index is 13.9. The Bertz CT molecular complexity index is 633. The second-order valence-corrected chi connectivity index (χ2v) is 5.03. The molecule has 0 bridgehead atoms. The Kier molecular flexibility index (Phi) is 2.90. The van der Waals surface area contributed by atoms with E-state index < -0.39 is 17.7 Å². The molecule has 1 heterocycles. The molecule has 0 spiro atoms. The van der Waals surface area contributed by atoms with Gasteiger partial charge in [-0.2, -0.15) is 0 Å². The molecule has 1 unspecified atom stereocenters. The van der Waals surface area contributed by atoms with Gasteiger partial charge in [0.25, 0.3) is 0 Å². The number of aromatic nitrogens is 1. The third-order valence-corrected chi connectivity index (χ3v) is 3.72. The predicted molar refractivity (Wildman–Crippen MR) is 68.3 cm³/mol. The molecule has 1 aliphatic rings. The van der Waals surface area contributed by atoms with Crippen LogP contribution in [-0.2, 0) is 6.42 Å². The maximum Gasteiger partial charge on any atom is 0.147 e. The molecule has 2 aromatic rings. The van der Waals surface area contributed by atoms with Crippen molar-refractivity contribution in [1.29, 1.82) is 0 Å². The predicted octanol–water partition coefficient (Wildman–Crippen LogP) is 3.43. The lowest BCUT2D eigenvalue weighted by atomic mass is 9.95. The van der Waals surface area contributed by atoms with Gasteiger partial charge in [-0.3, -0.25) is 0 Å². The van der Waals surface area contributed by atoms with Crippen LogP contribution in [0.5, 0.6) is 0 Å². The van der Waals surface area contributed by atoms with Gasteiger partial charge in [-0.1, -0.05) is 0 Å². The first kappa shape index (κ1) is 12.4. The van der Waals surface area contributed by atoms with Crippen LogP contribution in [0.15, 0.2) is 24.3 Å². The van der Waals surface area contributed by atoms with Gasteiger partial charge in [-0.15, -0.1) is 0 Å². The Morgan fingerprint density at radius 3 is 2.84 bits per heavy atom. The van der Waals surface area contributed by atoms with Gasteiger partial charge >= 0.3 is 0 Å². The number of benzene rings is 1. The molecule has 3 rings (SSSR count). The molecule has 0 aliphatic heterocycles. The van der Waals surface area contributed by atoms with E-state index in [9.17, 15) is 13.9 Å². The van der Waals surface area contributed by atoms with Crippen LogP contribution in [-0.4, -0.2) is 9.67 Å². The summed E-state index contributed by atoms with van der Waals surface area (Å²) in [5.74, 6) is -0.919. The molecule has 19 heavy (non-hydrogen) atoms. The molecular weight excluding hydrogens is 248 g/mol. The second-order valence-electron chi connectivity index (χ2n) is 5.03. The highest BCUT2D eigenvalue weighted by Gasteiger charge is 2.24. The SMILES string of the molecule is Cc1cc2c(n1-c1cc(F)ccc1F)CCCC2O. The number of aliphatic hydroxyl groups is 1. The lowest BCUT2D eigenvalue weighted by Gasteiger charge is -2.20. The summed E-state index contributed by atoms with van der Waals surface area (Å²) in [5.41, 5.74) is 2.76. The number of hydrogen-bond donors (Lipinski definition) is 1. The first-order valence-corrected chi connectivity index (χ1v) is 6.42. The Morgan fingerprint density at radius 2 is 2.05 bits per heavy atom. The summed E-state index contributed by atoms with van der Waals surface area (Å²) in [4.78, 5) is 0. The second kappa shape index (κ2) is 4.46. The molecule has 100 valence electrons. The van der Waals surface area contributed by atoms with Crippen LogP contribution in [0.1, 0.15) is 35.9 Å². The van der Waals surface area contributed by atoms with Crippen molar-refractivity contribution in [3.63, 3.8) is 0 Å². The van der Waals surface area contributed by atoms with Crippen molar-refractivity contribution in [2.24, 2.45) is 0 Å². The van der Waals surface area contributed by atoms with Crippen molar-refractivity contribution in [1.82, 2.24) is 4.57 Å². The number of hydrogen-bond acceptors (Lipinski definition) is 1. The van der Waals surface area contributed by atoms with Crippen molar-refractivity contribution >= 4 is 0 Å². The fraction of sp³-hybridized carbons (Fsp3) is 0.333. The summed E-state index contributed by atoms with van der Waals surface area (Å²) in [5, 5.41) is 9.99. The summed E-state index contributed by atoms with van der Waals surface area (Å²) < 4.78 is 29.0. The molecule has 0 fully saturated rings. The van der Waals surface area contributed by atoms with E-state index >= 15 is 0 Å². The van der Waals surface area contributed by atoms with Crippen LogP contribution >= 0.6 is 0 Å². The molecule has 0 saturated heterocycles. The molecule has 2 nitrogen and oxygen atoms in total. The van der Waals surface area contributed by atoms with E-state index in [0.29, 0.717) is 0 Å². The normalized spacial score (nSPS) is 18.4. The van der Waals surface area contributed by atoms with Gasteiger partial charge < -0.3 is 9.67 Å². The Morgan fingerprint density at radius 1 is 1.26 bits per heavy atom. The van der Waals surface area contributed by atoms with Gasteiger partial charge in [0.2, 0.25) is 0 Å². The monoisotopic (exact) mass is 263 g/mol. The van der Waals surface area contributed by atoms with Crippen LogP contribution in [0.4, 0.5) is 8.78 Å². The molecule has 4 heteroatoms. The van der Waals surface area contributed by atoms with Crippen LogP contribution < -0.4 is 0 Å². The summed E-state index contributed by atoms with van der Waals surface area (Å²) in [6, 6.07) is 5.31. The van der Waals surface area contributed by atoms with E-state index in [0.717, 1.165) is 48.3 Å². The fourth-order valence-corrected chi connectivity index (χ4v) is 2.87. The quantitative estimate of drug-likeness (QED) is 0.837. The molecule has 0 saturated carbocycles. The first-order valence-electron chi connectivity index (χ1n) is 6.42. The summed E-state index contributed by atoms with van der Waals surface area (Å²) in [7, 11) is 0. The zero-order valence-corrected chi connectivity index (χ0v) is 10.7. The molecule has 0 amide bonds. The largest absolute Gasteiger partial charge is 0.388 e. The molecule has 0 radical (unpaired) electrons. The highest BCUT2D eigenvalue weighted by Crippen LogP contribution is 2.34. The number of nitrogens with zero attached hydrogens (tertiary/aromatic N) is 1. The minimum Gasteiger partial charge on any atom is -0.388 e. The Balaban J connectivity index is 2.23. The van der Waals surface area contributed by atoms with Crippen molar-refractivity contribution in [3.05, 3.63) is 52.9 Å². The number of fused-ring (bicyclic) bond motifs is 1. The Labute approximate surface area is 110 Å². The van der Waals surface area contributed by atoms with E-state index in [1.165, 1.54) is 6.07 Å². The lowest BCUT2D eigenvalue weighted by Crippen LogP contribution is -2.12. The first-order chi connectivity index (χ1) is 9.08. The van der Waals surface area contributed by atoms with Crippen molar-refractivity contribution in [2.75, 3.05) is 0 Å². The van der Waals surface area contributed by atoms with E-state index in [1.807, 2.05) is 13.0 Å². The van der Waals surface area contributed by atoms with Gasteiger partial charge in [0.1, 0.15) is 11.6 Å². The van der Waals surface area contributed by atoms with Crippen LogP contribution in [0, 0.1) is 18.6 Å². The summed E-state index contributed by atoms with van der Waals surface area (Å²) >= 11 is 0. The minimum absolute atomic E-state index is 0.216. The van der Waals surface area contributed by atoms with Gasteiger partial charge in [0, 0.05) is 23.0 Å². The molecular formula is C15H15F2NO. The van der Waals surface area contributed by atoms with Gasteiger partial charge in [0.15, 0.2) is 0 Å². The maximum atomic E-state index is 13.9. The molecule has 1 N–H and O–H groups in total. The zero-order chi connectivity index (χ0) is 13.6. The van der Waals surface area contributed by atoms with Crippen molar-refractivity contribution in [3.8, 4) is 5.69 Å². The third kappa shape index (κ3) is 1.96. The zero-order valence-electron chi connectivity index (χ0n) is 10.7. The standard InChI is InChI=1S/C15H15F2NO/c1-9-7-11-13(3-2-4-15(11)19)18(9)14-8-10(16)5-6-12(14)17/h5-8,15,19H,2-4H2,1H3. The van der Waals surface area contributed by atoms with Crippen molar-refractivity contribution < 1.29 is 13.9 Å². The summed E-state index contributed by atoms with van der Waals surface area (Å²) in [6.07, 6.45) is 1.85. The van der Waals surface area contributed by atoms with Crippen molar-refractivity contribution in [2.45, 2.75) is 32.3 Å². The van der Waals surface area contributed by atoms with Gasteiger partial charge in [0.05, 0.1) is 11.8 Å². The van der Waals surface area contributed by atoms with Crippen LogP contribution in [0.3, 0.4) is 0 Å². The Hall–Kier alpha value is -1.68. The molecule has 1 aromatic carbocycles. The lowest BCUT2D eigenvalue weighted by molar-refractivity contribution is 0.156. The van der Waals surface area contributed by atoms with E-state index in [4.69, 9.17) is 0 Å². The van der Waals surface area contributed by atoms with Gasteiger partial charge in [-0.05, 0) is 44.4 Å². The topological polar surface area (TPSA) is 25.2 Å². The number of halogens is 2. The number of rotatable bonds is 1. The van der Waals surface area contributed by atoms with Crippen LogP contribution in [0.25, 0.3) is 5.69 Å². The van der Waals surface area contributed by atoms with Gasteiger partial charge in [-0.25, -0.2) is 8.78 Å². The average Bonchev–Trinajstić information content (AvgIpc) is 2.70. The average molecular weight is 263 g/mol. The molecule has 1 aromatic heterocycles. The summed E-state index contributed by atoms with van der Waals surface area (Å²) in [6.45, 7) is 1.84. The number of aryl methyl sites for hydroxylation is 1. The van der Waals surface area contributed by atoms with E-state index in [1.54, 1.807) is 4.57 Å². The van der Waals surface area contributed by atoms with Crippen LogP contribution in [0.2, 0.25) is 0 Å². The molecule has 1 atom stereocenters. The third-order valence-electron chi connectivity index (χ3n) is 3.72. The minimum atomic E-state index is -0.500. The van der Waals surface area contributed by atoms with E-state index in [-0.39, 0.29) is 5.69 Å². The fourth-order valence-electron chi connectivity index (χ4n) is 2.87. The number of aliphatic hydroxyl groups excluding tert-OH is 1. The van der Waals surface area contributed by atoms with E-state index in [2.05, 4.69) is 0 Å². The molecule has 1 aliphatic carbocycles. The smallest absolute Gasteiger partial charge is 0.147 e.